The monoisotopic (exact) mass is 395 g/mol. The van der Waals surface area contributed by atoms with Crippen LogP contribution in [-0.4, -0.2) is 42.0 Å². The molecule has 3 aromatic rings. The van der Waals surface area contributed by atoms with E-state index in [2.05, 4.69) is 29.0 Å². The van der Waals surface area contributed by atoms with E-state index in [0.29, 0.717) is 40.2 Å². The zero-order chi connectivity index (χ0) is 20.8. The van der Waals surface area contributed by atoms with E-state index < -0.39 is 0 Å². The molecule has 1 aromatic heterocycles. The third-order valence-electron chi connectivity index (χ3n) is 4.91. The van der Waals surface area contributed by atoms with Crippen LogP contribution in [0.5, 0.6) is 5.75 Å². The van der Waals surface area contributed by atoms with Crippen LogP contribution in [-0.2, 0) is 0 Å². The predicted octanol–water partition coefficient (Wildman–Crippen LogP) is 4.66. The number of pyridine rings is 1. The van der Waals surface area contributed by atoms with Crippen molar-refractivity contribution in [3.63, 3.8) is 0 Å². The van der Waals surface area contributed by atoms with Gasteiger partial charge in [0.25, 0.3) is 5.91 Å². The fourth-order valence-electron chi connectivity index (χ4n) is 3.18. The molecule has 0 bridgehead atoms. The Kier molecular flexibility index (Phi) is 6.77. The minimum atomic E-state index is -0.350. The van der Waals surface area contributed by atoms with Gasteiger partial charge in [-0.05, 0) is 50.3 Å². The van der Waals surface area contributed by atoms with Crippen molar-refractivity contribution in [2.45, 2.75) is 20.8 Å². The highest BCUT2D eigenvalue weighted by Crippen LogP contribution is 2.25. The van der Waals surface area contributed by atoms with Gasteiger partial charge in [0.2, 0.25) is 0 Å². The smallest absolute Gasteiger partial charge is 0.257 e. The summed E-state index contributed by atoms with van der Waals surface area (Å²) in [5, 5.41) is 3.63. The average Bonchev–Trinajstić information content (AvgIpc) is 2.71. The molecule has 3 rings (SSSR count). The van der Waals surface area contributed by atoms with Gasteiger partial charge in [0, 0.05) is 18.0 Å². The molecule has 0 fully saturated rings. The van der Waals surface area contributed by atoms with Crippen LogP contribution in [0.1, 0.15) is 29.9 Å². The molecular formula is C23H26FN3O2. The lowest BCUT2D eigenvalue weighted by atomic mass is 10.1. The van der Waals surface area contributed by atoms with Gasteiger partial charge in [-0.2, -0.15) is 0 Å². The summed E-state index contributed by atoms with van der Waals surface area (Å²) in [6.45, 7) is 9.27. The summed E-state index contributed by atoms with van der Waals surface area (Å²) in [5.41, 5.74) is 2.12. The number of aryl methyl sites for hydroxylation is 1. The van der Waals surface area contributed by atoms with E-state index in [1.807, 2.05) is 24.3 Å². The molecule has 5 nitrogen and oxygen atoms in total. The molecule has 0 atom stereocenters. The van der Waals surface area contributed by atoms with Crippen molar-refractivity contribution in [1.82, 2.24) is 9.88 Å². The molecule has 1 amide bonds. The number of ether oxygens (including phenoxy) is 1. The first-order valence-electron chi connectivity index (χ1n) is 9.84. The number of hydrogen-bond acceptors (Lipinski definition) is 4. The first kappa shape index (κ1) is 20.7. The summed E-state index contributed by atoms with van der Waals surface area (Å²) in [4.78, 5) is 19.5. The number of rotatable bonds is 8. The van der Waals surface area contributed by atoms with Crippen LogP contribution in [0.2, 0.25) is 0 Å². The number of para-hydroxylation sites is 2. The number of carbonyl (C=O) groups is 1. The highest BCUT2D eigenvalue weighted by Gasteiger charge is 2.14. The molecular weight excluding hydrogens is 369 g/mol. The molecule has 0 unspecified atom stereocenters. The number of benzene rings is 2. The standard InChI is InChI=1S/C23H26FN3O2/c1-4-27(5-2)12-13-29-22-9-7-6-8-20(22)26-23(28)19-14-17-10-11-18(24)15-21(17)25-16(19)3/h6-11,14-15H,4-5,12-13H2,1-3H3,(H,26,28). The van der Waals surface area contributed by atoms with Gasteiger partial charge in [-0.15, -0.1) is 0 Å². The van der Waals surface area contributed by atoms with Crippen molar-refractivity contribution in [2.24, 2.45) is 0 Å². The molecule has 0 radical (unpaired) electrons. The van der Waals surface area contributed by atoms with E-state index in [9.17, 15) is 9.18 Å². The molecule has 2 aromatic carbocycles. The summed E-state index contributed by atoms with van der Waals surface area (Å²) >= 11 is 0. The van der Waals surface area contributed by atoms with E-state index in [1.54, 1.807) is 19.1 Å². The van der Waals surface area contributed by atoms with Crippen molar-refractivity contribution in [1.29, 1.82) is 0 Å². The highest BCUT2D eigenvalue weighted by molar-refractivity contribution is 6.07. The summed E-state index contributed by atoms with van der Waals surface area (Å²) in [7, 11) is 0. The van der Waals surface area contributed by atoms with E-state index in [-0.39, 0.29) is 11.7 Å². The normalized spacial score (nSPS) is 11.1. The van der Waals surface area contributed by atoms with E-state index in [4.69, 9.17) is 4.74 Å². The van der Waals surface area contributed by atoms with Gasteiger partial charge in [0.15, 0.2) is 0 Å². The highest BCUT2D eigenvalue weighted by atomic mass is 19.1. The minimum Gasteiger partial charge on any atom is -0.490 e. The molecule has 0 aliphatic rings. The Morgan fingerprint density at radius 3 is 2.66 bits per heavy atom. The van der Waals surface area contributed by atoms with Crippen LogP contribution in [0.15, 0.2) is 48.5 Å². The van der Waals surface area contributed by atoms with Crippen molar-refractivity contribution in [3.8, 4) is 5.75 Å². The summed E-state index contributed by atoms with van der Waals surface area (Å²) in [6, 6.07) is 13.5. The molecule has 0 aliphatic carbocycles. The van der Waals surface area contributed by atoms with Crippen LogP contribution in [0.25, 0.3) is 10.9 Å². The maximum absolute atomic E-state index is 13.4. The number of halogens is 1. The van der Waals surface area contributed by atoms with Crippen LogP contribution in [0.3, 0.4) is 0 Å². The Labute approximate surface area is 170 Å². The van der Waals surface area contributed by atoms with Crippen LogP contribution < -0.4 is 10.1 Å². The second-order valence-corrected chi connectivity index (χ2v) is 6.78. The fourth-order valence-corrected chi connectivity index (χ4v) is 3.18. The number of anilines is 1. The SMILES string of the molecule is CCN(CC)CCOc1ccccc1NC(=O)c1cc2ccc(F)cc2nc1C. The quantitative estimate of drug-likeness (QED) is 0.603. The first-order chi connectivity index (χ1) is 14.0. The predicted molar refractivity (Wildman–Crippen MR) is 114 cm³/mol. The Hall–Kier alpha value is -2.99. The lowest BCUT2D eigenvalue weighted by Gasteiger charge is -2.19. The maximum Gasteiger partial charge on any atom is 0.257 e. The van der Waals surface area contributed by atoms with Crippen LogP contribution in [0.4, 0.5) is 10.1 Å². The summed E-state index contributed by atoms with van der Waals surface area (Å²) in [5.74, 6) is -0.000106. The minimum absolute atomic E-state index is 0.277. The van der Waals surface area contributed by atoms with Gasteiger partial charge < -0.3 is 15.0 Å². The topological polar surface area (TPSA) is 54.5 Å². The number of fused-ring (bicyclic) bond motifs is 1. The van der Waals surface area contributed by atoms with Gasteiger partial charge in [-0.3, -0.25) is 9.78 Å². The molecule has 0 spiro atoms. The van der Waals surface area contributed by atoms with Crippen molar-refractivity contribution >= 4 is 22.5 Å². The number of likely N-dealkylation sites (N-methyl/N-ethyl adjacent to an activating group) is 1. The van der Waals surface area contributed by atoms with Gasteiger partial charge in [-0.25, -0.2) is 4.39 Å². The lowest BCUT2D eigenvalue weighted by molar-refractivity contribution is 0.102. The molecule has 0 aliphatic heterocycles. The molecule has 29 heavy (non-hydrogen) atoms. The second-order valence-electron chi connectivity index (χ2n) is 6.78. The third kappa shape index (κ3) is 5.09. The molecule has 6 heteroatoms. The Bertz CT molecular complexity index is 1000. The van der Waals surface area contributed by atoms with Crippen LogP contribution >= 0.6 is 0 Å². The van der Waals surface area contributed by atoms with Gasteiger partial charge in [0.1, 0.15) is 18.2 Å². The van der Waals surface area contributed by atoms with E-state index in [0.717, 1.165) is 19.6 Å². The molecule has 0 saturated carbocycles. The lowest BCUT2D eigenvalue weighted by Crippen LogP contribution is -2.28. The Balaban J connectivity index is 1.76. The molecule has 1 N–H and O–H groups in total. The number of amides is 1. The third-order valence-corrected chi connectivity index (χ3v) is 4.91. The number of nitrogens with one attached hydrogen (secondary N) is 1. The van der Waals surface area contributed by atoms with Crippen molar-refractivity contribution in [2.75, 3.05) is 31.6 Å². The van der Waals surface area contributed by atoms with Crippen LogP contribution in [0, 0.1) is 12.7 Å². The summed E-state index contributed by atoms with van der Waals surface area (Å²) in [6.07, 6.45) is 0. The number of nitrogens with zero attached hydrogens (tertiary/aromatic N) is 2. The van der Waals surface area contributed by atoms with Gasteiger partial charge in [0.05, 0.1) is 22.5 Å². The van der Waals surface area contributed by atoms with Gasteiger partial charge >= 0.3 is 0 Å². The maximum atomic E-state index is 13.4. The summed E-state index contributed by atoms with van der Waals surface area (Å²) < 4.78 is 19.3. The second kappa shape index (κ2) is 9.47. The number of carbonyl (C=O) groups excluding carboxylic acids is 1. The van der Waals surface area contributed by atoms with Crippen molar-refractivity contribution < 1.29 is 13.9 Å². The fraction of sp³-hybridized carbons (Fsp3) is 0.304. The largest absolute Gasteiger partial charge is 0.490 e. The van der Waals surface area contributed by atoms with Crippen molar-refractivity contribution in [3.05, 3.63) is 65.6 Å². The van der Waals surface area contributed by atoms with Gasteiger partial charge in [-0.1, -0.05) is 26.0 Å². The number of aromatic nitrogens is 1. The Morgan fingerprint density at radius 1 is 1.14 bits per heavy atom. The average molecular weight is 395 g/mol. The molecule has 0 saturated heterocycles. The Morgan fingerprint density at radius 2 is 1.90 bits per heavy atom. The zero-order valence-corrected chi connectivity index (χ0v) is 17.0. The number of hydrogen-bond donors (Lipinski definition) is 1. The van der Waals surface area contributed by atoms with E-state index in [1.165, 1.54) is 12.1 Å². The van der Waals surface area contributed by atoms with E-state index >= 15 is 0 Å². The molecule has 152 valence electrons. The first-order valence-corrected chi connectivity index (χ1v) is 9.84. The molecule has 1 heterocycles. The zero-order valence-electron chi connectivity index (χ0n) is 17.0.